The van der Waals surface area contributed by atoms with Crippen molar-refractivity contribution in [3.05, 3.63) is 58.1 Å². The maximum atomic E-state index is 5.72. The van der Waals surface area contributed by atoms with Gasteiger partial charge in [0.25, 0.3) is 0 Å². The minimum Gasteiger partial charge on any atom is -0.389 e. The third kappa shape index (κ3) is 2.71. The highest BCUT2D eigenvalue weighted by atomic mass is 79.9. The number of halogens is 1. The molecule has 0 atom stereocenters. The number of benzene rings is 2. The zero-order chi connectivity index (χ0) is 13.1. The van der Waals surface area contributed by atoms with Gasteiger partial charge in [-0.3, -0.25) is 0 Å². The molecule has 2 nitrogen and oxygen atoms in total. The van der Waals surface area contributed by atoms with Crippen LogP contribution < -0.4 is 11.1 Å². The number of anilines is 2. The van der Waals surface area contributed by atoms with Crippen LogP contribution in [-0.2, 0) is 0 Å². The Hall–Kier alpha value is -1.39. The predicted octanol–water partition coefficient (Wildman–Crippen LogP) is 4.14. The van der Waals surface area contributed by atoms with Crippen molar-refractivity contribution in [2.75, 3.05) is 5.32 Å². The van der Waals surface area contributed by atoms with E-state index < -0.39 is 0 Å². The van der Waals surface area contributed by atoms with Gasteiger partial charge in [0.1, 0.15) is 4.99 Å². The minimum atomic E-state index is 0.394. The molecule has 0 aliphatic heterocycles. The van der Waals surface area contributed by atoms with Gasteiger partial charge in [0.15, 0.2) is 0 Å². The Labute approximate surface area is 120 Å². The van der Waals surface area contributed by atoms with Crippen LogP contribution in [0.2, 0.25) is 0 Å². The van der Waals surface area contributed by atoms with E-state index in [0.717, 1.165) is 27.0 Å². The van der Waals surface area contributed by atoms with Crippen molar-refractivity contribution in [3.63, 3.8) is 0 Å². The Morgan fingerprint density at radius 2 is 1.78 bits per heavy atom. The molecule has 0 radical (unpaired) electrons. The molecule has 2 rings (SSSR count). The normalized spacial score (nSPS) is 10.1. The molecule has 2 aromatic rings. The number of rotatable bonds is 3. The number of hydrogen-bond acceptors (Lipinski definition) is 2. The largest absolute Gasteiger partial charge is 0.389 e. The molecule has 0 amide bonds. The summed E-state index contributed by atoms with van der Waals surface area (Å²) in [7, 11) is 0. The number of para-hydroxylation sites is 1. The van der Waals surface area contributed by atoms with Crippen molar-refractivity contribution in [1.29, 1.82) is 0 Å². The van der Waals surface area contributed by atoms with Crippen molar-refractivity contribution >= 4 is 44.5 Å². The summed E-state index contributed by atoms with van der Waals surface area (Å²) in [5.74, 6) is 0. The summed E-state index contributed by atoms with van der Waals surface area (Å²) in [5, 5.41) is 3.37. The lowest BCUT2D eigenvalue weighted by molar-refractivity contribution is 1.40. The molecule has 0 unspecified atom stereocenters. The van der Waals surface area contributed by atoms with Gasteiger partial charge < -0.3 is 11.1 Å². The van der Waals surface area contributed by atoms with E-state index >= 15 is 0 Å². The van der Waals surface area contributed by atoms with E-state index in [9.17, 15) is 0 Å². The fourth-order valence-electron chi connectivity index (χ4n) is 1.69. The van der Waals surface area contributed by atoms with Gasteiger partial charge in [0.2, 0.25) is 0 Å². The lowest BCUT2D eigenvalue weighted by atomic mass is 10.1. The van der Waals surface area contributed by atoms with Crippen LogP contribution in [0.4, 0.5) is 11.4 Å². The van der Waals surface area contributed by atoms with Crippen molar-refractivity contribution in [3.8, 4) is 0 Å². The first kappa shape index (κ1) is 13.1. The van der Waals surface area contributed by atoms with Gasteiger partial charge in [-0.25, -0.2) is 0 Å². The lowest BCUT2D eigenvalue weighted by Gasteiger charge is -2.13. The first-order valence-corrected chi connectivity index (χ1v) is 6.70. The molecule has 3 N–H and O–H groups in total. The molecule has 0 aromatic heterocycles. The van der Waals surface area contributed by atoms with E-state index in [1.165, 1.54) is 0 Å². The molecule has 0 aliphatic carbocycles. The first-order valence-electron chi connectivity index (χ1n) is 5.50. The summed E-state index contributed by atoms with van der Waals surface area (Å²) in [4.78, 5) is 0.394. The summed E-state index contributed by atoms with van der Waals surface area (Å²) >= 11 is 8.57. The van der Waals surface area contributed by atoms with Gasteiger partial charge >= 0.3 is 0 Å². The molecule has 0 heterocycles. The summed E-state index contributed by atoms with van der Waals surface area (Å²) in [6.45, 7) is 2.05. The third-order valence-corrected chi connectivity index (χ3v) is 3.81. The highest BCUT2D eigenvalue weighted by molar-refractivity contribution is 9.10. The van der Waals surface area contributed by atoms with Crippen molar-refractivity contribution in [2.45, 2.75) is 6.92 Å². The molecule has 18 heavy (non-hydrogen) atoms. The molecule has 0 saturated heterocycles. The molecular weight excluding hydrogens is 308 g/mol. The predicted molar refractivity (Wildman–Crippen MR) is 84.5 cm³/mol. The Bertz CT molecular complexity index is 596. The fourth-order valence-corrected chi connectivity index (χ4v) is 2.24. The highest BCUT2D eigenvalue weighted by Gasteiger charge is 2.06. The van der Waals surface area contributed by atoms with Crippen LogP contribution in [0.15, 0.2) is 46.9 Å². The van der Waals surface area contributed by atoms with E-state index in [2.05, 4.69) is 28.2 Å². The Balaban J connectivity index is 2.40. The monoisotopic (exact) mass is 320 g/mol. The topological polar surface area (TPSA) is 38.0 Å². The van der Waals surface area contributed by atoms with E-state index in [1.54, 1.807) is 0 Å². The zero-order valence-corrected chi connectivity index (χ0v) is 12.3. The van der Waals surface area contributed by atoms with Crippen LogP contribution in [0, 0.1) is 6.92 Å². The standard InChI is InChI=1S/C14H13BrN2S/c1-9-11(15)6-4-8-12(9)17-13-7-3-2-5-10(13)14(16)18/h2-8,17H,1H3,(H2,16,18). The molecule has 0 saturated carbocycles. The van der Waals surface area contributed by atoms with Crippen LogP contribution in [0.25, 0.3) is 0 Å². The Kier molecular flexibility index (Phi) is 3.99. The summed E-state index contributed by atoms with van der Waals surface area (Å²) in [6.07, 6.45) is 0. The smallest absolute Gasteiger partial charge is 0.106 e. The maximum absolute atomic E-state index is 5.72. The van der Waals surface area contributed by atoms with Crippen molar-refractivity contribution in [1.82, 2.24) is 0 Å². The number of hydrogen-bond donors (Lipinski definition) is 2. The molecule has 0 spiro atoms. The molecule has 0 bridgehead atoms. The Morgan fingerprint density at radius 3 is 2.50 bits per heavy atom. The second-order valence-electron chi connectivity index (χ2n) is 3.95. The van der Waals surface area contributed by atoms with Crippen LogP contribution in [0.1, 0.15) is 11.1 Å². The SMILES string of the molecule is Cc1c(Br)cccc1Nc1ccccc1C(N)=S. The van der Waals surface area contributed by atoms with Gasteiger partial charge in [-0.2, -0.15) is 0 Å². The summed E-state index contributed by atoms with van der Waals surface area (Å²) in [6, 6.07) is 13.8. The number of thiocarbonyl (C=S) groups is 1. The van der Waals surface area contributed by atoms with Crippen LogP contribution in [0.5, 0.6) is 0 Å². The number of nitrogens with one attached hydrogen (secondary N) is 1. The van der Waals surface area contributed by atoms with Crippen molar-refractivity contribution in [2.24, 2.45) is 5.73 Å². The van der Waals surface area contributed by atoms with E-state index in [-0.39, 0.29) is 0 Å². The average Bonchev–Trinajstić information content (AvgIpc) is 2.35. The molecule has 92 valence electrons. The quantitative estimate of drug-likeness (QED) is 0.835. The van der Waals surface area contributed by atoms with Gasteiger partial charge in [-0.1, -0.05) is 46.3 Å². The lowest BCUT2D eigenvalue weighted by Crippen LogP contribution is -2.11. The van der Waals surface area contributed by atoms with Crippen molar-refractivity contribution < 1.29 is 0 Å². The van der Waals surface area contributed by atoms with Gasteiger partial charge in [-0.05, 0) is 36.8 Å². The molecular formula is C14H13BrN2S. The molecule has 2 aromatic carbocycles. The van der Waals surface area contributed by atoms with Gasteiger partial charge in [-0.15, -0.1) is 0 Å². The molecule has 0 aliphatic rings. The van der Waals surface area contributed by atoms with Gasteiger partial charge in [0.05, 0.1) is 0 Å². The average molecular weight is 321 g/mol. The first-order chi connectivity index (χ1) is 8.59. The van der Waals surface area contributed by atoms with Crippen LogP contribution >= 0.6 is 28.1 Å². The third-order valence-electron chi connectivity index (χ3n) is 2.73. The number of nitrogens with two attached hydrogens (primary N) is 1. The molecule has 0 fully saturated rings. The van der Waals surface area contributed by atoms with Crippen LogP contribution in [-0.4, -0.2) is 4.99 Å². The zero-order valence-electron chi connectivity index (χ0n) is 9.91. The highest BCUT2D eigenvalue weighted by Crippen LogP contribution is 2.27. The van der Waals surface area contributed by atoms with Crippen LogP contribution in [0.3, 0.4) is 0 Å². The summed E-state index contributed by atoms with van der Waals surface area (Å²) < 4.78 is 1.07. The second-order valence-corrected chi connectivity index (χ2v) is 5.24. The van der Waals surface area contributed by atoms with E-state index in [4.69, 9.17) is 18.0 Å². The van der Waals surface area contributed by atoms with E-state index in [1.807, 2.05) is 42.5 Å². The fraction of sp³-hybridized carbons (Fsp3) is 0.0714. The molecule has 4 heteroatoms. The summed E-state index contributed by atoms with van der Waals surface area (Å²) in [5.41, 5.74) is 9.68. The maximum Gasteiger partial charge on any atom is 0.106 e. The minimum absolute atomic E-state index is 0.394. The van der Waals surface area contributed by atoms with E-state index in [0.29, 0.717) is 4.99 Å². The van der Waals surface area contributed by atoms with Gasteiger partial charge in [0, 0.05) is 21.4 Å². The Morgan fingerprint density at radius 1 is 1.11 bits per heavy atom. The second kappa shape index (κ2) is 5.50.